The van der Waals surface area contributed by atoms with Crippen molar-refractivity contribution in [3.05, 3.63) is 11.9 Å². The maximum atomic E-state index is 4.83. The van der Waals surface area contributed by atoms with E-state index in [4.69, 9.17) is 4.98 Å². The average molecular weight is 260 g/mol. The molecule has 0 radical (unpaired) electrons. The predicted octanol–water partition coefficient (Wildman–Crippen LogP) is 1.96. The zero-order valence-corrected chi connectivity index (χ0v) is 11.8. The number of hydrogen-bond donors (Lipinski definition) is 1. The van der Waals surface area contributed by atoms with Gasteiger partial charge in [-0.05, 0) is 31.6 Å². The van der Waals surface area contributed by atoms with Gasteiger partial charge in [0.25, 0.3) is 0 Å². The van der Waals surface area contributed by atoms with E-state index in [9.17, 15) is 0 Å². The molecule has 1 N–H and O–H groups in total. The Morgan fingerprint density at radius 3 is 2.53 bits per heavy atom. The Morgan fingerprint density at radius 1 is 1.16 bits per heavy atom. The number of aryl methyl sites for hydroxylation is 1. The van der Waals surface area contributed by atoms with Gasteiger partial charge in [0.1, 0.15) is 0 Å². The van der Waals surface area contributed by atoms with Crippen LogP contribution in [0.1, 0.15) is 37.4 Å². The number of nitrogens with zero attached hydrogens (tertiary/aromatic N) is 3. The number of fused-ring (bicyclic) bond motifs is 1. The van der Waals surface area contributed by atoms with E-state index in [-0.39, 0.29) is 0 Å². The lowest BCUT2D eigenvalue weighted by Gasteiger charge is -2.23. The van der Waals surface area contributed by atoms with E-state index in [0.717, 1.165) is 11.8 Å². The topological polar surface area (TPSA) is 33.1 Å². The molecule has 0 aromatic carbocycles. The standard InChI is InChI=1S/C15H24N4/c1-11-8-19(14-4-2-3-5-14)15(17-11)18-9-12-6-16-7-13(12)10-18/h8,12-14,16H,2-7,9-10H2,1H3. The molecule has 1 aliphatic carbocycles. The lowest BCUT2D eigenvalue weighted by Crippen LogP contribution is -2.28. The van der Waals surface area contributed by atoms with Crippen LogP contribution in [0.5, 0.6) is 0 Å². The summed E-state index contributed by atoms with van der Waals surface area (Å²) < 4.78 is 2.48. The molecule has 2 saturated heterocycles. The second-order valence-corrected chi connectivity index (χ2v) is 6.61. The molecule has 19 heavy (non-hydrogen) atoms. The molecule has 1 saturated carbocycles. The average Bonchev–Trinajstić information content (AvgIpc) is 3.11. The van der Waals surface area contributed by atoms with E-state index >= 15 is 0 Å². The van der Waals surface area contributed by atoms with Crippen molar-refractivity contribution in [2.75, 3.05) is 31.1 Å². The van der Waals surface area contributed by atoms with E-state index in [0.29, 0.717) is 6.04 Å². The molecule has 2 atom stereocenters. The molecule has 3 heterocycles. The molecule has 0 amide bonds. The highest BCUT2D eigenvalue weighted by Crippen LogP contribution is 2.36. The first-order chi connectivity index (χ1) is 9.31. The Morgan fingerprint density at radius 2 is 1.84 bits per heavy atom. The molecule has 104 valence electrons. The molecule has 4 rings (SSSR count). The van der Waals surface area contributed by atoms with Crippen LogP contribution in [0.4, 0.5) is 5.95 Å². The summed E-state index contributed by atoms with van der Waals surface area (Å²) in [5.41, 5.74) is 1.18. The molecule has 2 unspecified atom stereocenters. The third-order valence-corrected chi connectivity index (χ3v) is 5.22. The monoisotopic (exact) mass is 260 g/mol. The van der Waals surface area contributed by atoms with Gasteiger partial charge in [0, 0.05) is 38.4 Å². The van der Waals surface area contributed by atoms with Crippen LogP contribution < -0.4 is 10.2 Å². The molecule has 4 heteroatoms. The van der Waals surface area contributed by atoms with Gasteiger partial charge in [0.2, 0.25) is 5.95 Å². The fraction of sp³-hybridized carbons (Fsp3) is 0.800. The minimum absolute atomic E-state index is 0.703. The van der Waals surface area contributed by atoms with Crippen molar-refractivity contribution in [1.29, 1.82) is 0 Å². The number of rotatable bonds is 2. The Kier molecular flexibility index (Phi) is 2.79. The lowest BCUT2D eigenvalue weighted by atomic mass is 10.0. The van der Waals surface area contributed by atoms with E-state index in [1.807, 2.05) is 0 Å². The van der Waals surface area contributed by atoms with Crippen molar-refractivity contribution in [2.45, 2.75) is 38.6 Å². The van der Waals surface area contributed by atoms with Gasteiger partial charge in [0.05, 0.1) is 5.69 Å². The molecular weight excluding hydrogens is 236 g/mol. The Labute approximate surface area is 115 Å². The third kappa shape index (κ3) is 1.97. The van der Waals surface area contributed by atoms with Crippen molar-refractivity contribution in [3.63, 3.8) is 0 Å². The molecule has 1 aromatic rings. The lowest BCUT2D eigenvalue weighted by molar-refractivity contribution is 0.513. The number of imidazole rings is 1. The number of anilines is 1. The van der Waals surface area contributed by atoms with Gasteiger partial charge in [-0.3, -0.25) is 0 Å². The van der Waals surface area contributed by atoms with Crippen molar-refractivity contribution in [1.82, 2.24) is 14.9 Å². The van der Waals surface area contributed by atoms with E-state index < -0.39 is 0 Å². The van der Waals surface area contributed by atoms with Gasteiger partial charge in [-0.2, -0.15) is 0 Å². The SMILES string of the molecule is Cc1cn(C2CCCC2)c(N2CC3CNCC3C2)n1. The van der Waals surface area contributed by atoms with Crippen LogP contribution in [0.2, 0.25) is 0 Å². The normalized spacial score (nSPS) is 31.3. The Bertz CT molecular complexity index is 449. The smallest absolute Gasteiger partial charge is 0.205 e. The largest absolute Gasteiger partial charge is 0.342 e. The summed E-state index contributed by atoms with van der Waals surface area (Å²) in [6.45, 7) is 6.92. The highest BCUT2D eigenvalue weighted by atomic mass is 15.3. The fourth-order valence-electron chi connectivity index (χ4n) is 4.21. The summed E-state index contributed by atoms with van der Waals surface area (Å²) in [7, 11) is 0. The maximum absolute atomic E-state index is 4.83. The molecule has 2 aliphatic heterocycles. The molecule has 3 aliphatic rings. The van der Waals surface area contributed by atoms with Crippen LogP contribution in [0.3, 0.4) is 0 Å². The summed E-state index contributed by atoms with van der Waals surface area (Å²) in [6, 6.07) is 0.703. The maximum Gasteiger partial charge on any atom is 0.205 e. The van der Waals surface area contributed by atoms with Crippen molar-refractivity contribution in [3.8, 4) is 0 Å². The first kappa shape index (κ1) is 11.8. The Hall–Kier alpha value is -1.03. The molecule has 0 spiro atoms. The van der Waals surface area contributed by atoms with Gasteiger partial charge in [-0.25, -0.2) is 4.98 Å². The molecule has 4 nitrogen and oxygen atoms in total. The minimum Gasteiger partial charge on any atom is -0.342 e. The van der Waals surface area contributed by atoms with Crippen LogP contribution in [-0.2, 0) is 0 Å². The number of nitrogens with one attached hydrogen (secondary N) is 1. The van der Waals surface area contributed by atoms with Gasteiger partial charge in [-0.1, -0.05) is 12.8 Å². The highest BCUT2D eigenvalue weighted by Gasteiger charge is 2.38. The first-order valence-electron chi connectivity index (χ1n) is 7.82. The fourth-order valence-corrected chi connectivity index (χ4v) is 4.21. The zero-order chi connectivity index (χ0) is 12.8. The van der Waals surface area contributed by atoms with Gasteiger partial charge in [-0.15, -0.1) is 0 Å². The van der Waals surface area contributed by atoms with Crippen LogP contribution >= 0.6 is 0 Å². The first-order valence-corrected chi connectivity index (χ1v) is 7.82. The quantitative estimate of drug-likeness (QED) is 0.882. The summed E-state index contributed by atoms with van der Waals surface area (Å²) in [5.74, 6) is 2.93. The summed E-state index contributed by atoms with van der Waals surface area (Å²) >= 11 is 0. The molecule has 3 fully saturated rings. The van der Waals surface area contributed by atoms with Gasteiger partial charge in [0.15, 0.2) is 0 Å². The van der Waals surface area contributed by atoms with Crippen molar-refractivity contribution in [2.24, 2.45) is 11.8 Å². The summed E-state index contributed by atoms with van der Waals surface area (Å²) in [4.78, 5) is 7.38. The third-order valence-electron chi connectivity index (χ3n) is 5.22. The van der Waals surface area contributed by atoms with Crippen LogP contribution in [0.25, 0.3) is 0 Å². The number of aromatic nitrogens is 2. The second-order valence-electron chi connectivity index (χ2n) is 6.61. The molecule has 0 bridgehead atoms. The van der Waals surface area contributed by atoms with Gasteiger partial charge < -0.3 is 14.8 Å². The van der Waals surface area contributed by atoms with Crippen LogP contribution in [0, 0.1) is 18.8 Å². The molecule has 1 aromatic heterocycles. The van der Waals surface area contributed by atoms with Gasteiger partial charge >= 0.3 is 0 Å². The van der Waals surface area contributed by atoms with Crippen molar-refractivity contribution < 1.29 is 0 Å². The van der Waals surface area contributed by atoms with E-state index in [1.54, 1.807) is 0 Å². The van der Waals surface area contributed by atoms with Crippen molar-refractivity contribution >= 4 is 5.95 Å². The molecular formula is C15H24N4. The summed E-state index contributed by atoms with van der Waals surface area (Å²) in [5, 5.41) is 3.52. The highest BCUT2D eigenvalue weighted by molar-refractivity contribution is 5.37. The van der Waals surface area contributed by atoms with Crippen LogP contribution in [-0.4, -0.2) is 35.7 Å². The van der Waals surface area contributed by atoms with E-state index in [2.05, 4.69) is 27.9 Å². The summed E-state index contributed by atoms with van der Waals surface area (Å²) in [6.07, 6.45) is 7.72. The zero-order valence-electron chi connectivity index (χ0n) is 11.8. The predicted molar refractivity (Wildman–Crippen MR) is 76.5 cm³/mol. The minimum atomic E-state index is 0.703. The van der Waals surface area contributed by atoms with Crippen LogP contribution in [0.15, 0.2) is 6.20 Å². The Balaban J connectivity index is 1.60. The van der Waals surface area contributed by atoms with E-state index in [1.165, 1.54) is 63.5 Å². The second kappa shape index (κ2) is 4.51. The number of hydrogen-bond acceptors (Lipinski definition) is 3.